The van der Waals surface area contributed by atoms with Gasteiger partial charge in [0, 0.05) is 6.61 Å². The number of aliphatic hydroxyl groups is 6. The first-order valence-corrected chi connectivity index (χ1v) is 3.86. The van der Waals surface area contributed by atoms with Crippen LogP contribution in [0, 0.1) is 0 Å². The van der Waals surface area contributed by atoms with Gasteiger partial charge in [-0.3, -0.25) is 0 Å². The van der Waals surface area contributed by atoms with E-state index in [2.05, 4.69) is 0 Å². The maximum absolute atomic E-state index is 8.17. The SMILES string of the molecule is CCO.OCC(O)CO.OCCO. The standard InChI is InChI=1S/C3H8O3.C2H6O2.C2H6O/c4-1-3(6)2-5;3-1-2-4;1-2-3/h3-6H,1-2H2;3-4H,1-2H2;3H,2H2,1H3. The largest absolute Gasteiger partial charge is 0.397 e. The molecule has 0 aliphatic rings. The zero-order valence-corrected chi connectivity index (χ0v) is 7.80. The van der Waals surface area contributed by atoms with Gasteiger partial charge in [0.1, 0.15) is 6.10 Å². The van der Waals surface area contributed by atoms with Gasteiger partial charge in [0.25, 0.3) is 0 Å². The second-order valence-corrected chi connectivity index (χ2v) is 1.78. The van der Waals surface area contributed by atoms with Gasteiger partial charge in [-0.25, -0.2) is 0 Å². The molecule has 0 bridgehead atoms. The number of rotatable bonds is 3. The van der Waals surface area contributed by atoms with Gasteiger partial charge in [-0.2, -0.15) is 0 Å². The third-order valence-electron chi connectivity index (χ3n) is 0.521. The predicted molar refractivity (Wildman–Crippen MR) is 47.1 cm³/mol. The van der Waals surface area contributed by atoms with E-state index in [1.807, 2.05) is 0 Å². The first kappa shape index (κ1) is 18.5. The number of hydrogen-bond acceptors (Lipinski definition) is 6. The van der Waals surface area contributed by atoms with Crippen molar-refractivity contribution in [1.82, 2.24) is 0 Å². The Balaban J connectivity index is -0.000000125. The second-order valence-electron chi connectivity index (χ2n) is 1.78. The molecule has 0 saturated carbocycles. The Hall–Kier alpha value is -0.240. The predicted octanol–water partition coefficient (Wildman–Crippen LogP) is -2.70. The molecule has 0 amide bonds. The first-order chi connectivity index (χ1) is 6.14. The topological polar surface area (TPSA) is 121 Å². The Bertz CT molecular complexity index is 54.9. The molecule has 0 aromatic heterocycles. The van der Waals surface area contributed by atoms with Crippen LogP contribution in [0.25, 0.3) is 0 Å². The molecule has 6 heteroatoms. The van der Waals surface area contributed by atoms with Crippen LogP contribution in [0.5, 0.6) is 0 Å². The van der Waals surface area contributed by atoms with Gasteiger partial charge < -0.3 is 30.6 Å². The molecule has 0 saturated heterocycles. The Morgan fingerprint density at radius 2 is 1.08 bits per heavy atom. The molecule has 0 aromatic carbocycles. The minimum atomic E-state index is -0.954. The van der Waals surface area contributed by atoms with Gasteiger partial charge in [0.05, 0.1) is 26.4 Å². The van der Waals surface area contributed by atoms with Crippen molar-refractivity contribution in [3.63, 3.8) is 0 Å². The molecule has 0 rings (SSSR count). The summed E-state index contributed by atoms with van der Waals surface area (Å²) in [5.74, 6) is 0. The summed E-state index contributed by atoms with van der Waals surface area (Å²) < 4.78 is 0. The summed E-state index contributed by atoms with van der Waals surface area (Å²) in [7, 11) is 0. The fourth-order valence-corrected chi connectivity index (χ4v) is 0.0577. The maximum atomic E-state index is 8.17. The van der Waals surface area contributed by atoms with Crippen LogP contribution in [0.15, 0.2) is 0 Å². The van der Waals surface area contributed by atoms with Crippen molar-refractivity contribution in [2.45, 2.75) is 13.0 Å². The summed E-state index contributed by atoms with van der Waals surface area (Å²) in [6.45, 7) is 0.951. The first-order valence-electron chi connectivity index (χ1n) is 3.86. The lowest BCUT2D eigenvalue weighted by Crippen LogP contribution is -2.15. The Morgan fingerprint density at radius 1 is 0.846 bits per heavy atom. The molecular weight excluding hydrogens is 180 g/mol. The van der Waals surface area contributed by atoms with E-state index in [9.17, 15) is 0 Å². The maximum Gasteiger partial charge on any atom is 0.100 e. The van der Waals surface area contributed by atoms with Crippen molar-refractivity contribution in [3.8, 4) is 0 Å². The molecule has 13 heavy (non-hydrogen) atoms. The Labute approximate surface area is 77.7 Å². The Morgan fingerprint density at radius 3 is 1.08 bits per heavy atom. The molecule has 6 N–H and O–H groups in total. The van der Waals surface area contributed by atoms with Crippen molar-refractivity contribution >= 4 is 0 Å². The van der Waals surface area contributed by atoms with Crippen LogP contribution in [-0.2, 0) is 0 Å². The van der Waals surface area contributed by atoms with E-state index in [0.29, 0.717) is 0 Å². The van der Waals surface area contributed by atoms with Crippen LogP contribution < -0.4 is 0 Å². The van der Waals surface area contributed by atoms with Crippen molar-refractivity contribution in [3.05, 3.63) is 0 Å². The highest BCUT2D eigenvalue weighted by Crippen LogP contribution is 1.71. The van der Waals surface area contributed by atoms with Gasteiger partial charge in [-0.1, -0.05) is 0 Å². The monoisotopic (exact) mass is 200 g/mol. The minimum Gasteiger partial charge on any atom is -0.397 e. The number of hydrogen-bond donors (Lipinski definition) is 6. The molecule has 0 aliphatic heterocycles. The van der Waals surface area contributed by atoms with Gasteiger partial charge in [0.2, 0.25) is 0 Å². The average molecular weight is 200 g/mol. The lowest BCUT2D eigenvalue weighted by atomic mass is 10.4. The quantitative estimate of drug-likeness (QED) is 0.295. The molecule has 0 radical (unpaired) electrons. The summed E-state index contributed by atoms with van der Waals surface area (Å²) in [5.41, 5.74) is 0. The van der Waals surface area contributed by atoms with Crippen LogP contribution in [0.1, 0.15) is 6.92 Å². The lowest BCUT2D eigenvalue weighted by molar-refractivity contribution is 0.0450. The molecule has 6 nitrogen and oxygen atoms in total. The molecule has 0 atom stereocenters. The summed E-state index contributed by atoms with van der Waals surface area (Å²) in [4.78, 5) is 0. The van der Waals surface area contributed by atoms with Crippen molar-refractivity contribution in [2.24, 2.45) is 0 Å². The fraction of sp³-hybridized carbons (Fsp3) is 1.00. The van der Waals surface area contributed by atoms with Crippen molar-refractivity contribution < 1.29 is 30.6 Å². The van der Waals surface area contributed by atoms with E-state index in [1.54, 1.807) is 6.92 Å². The zero-order chi connectivity index (χ0) is 11.1. The van der Waals surface area contributed by atoms with E-state index in [-0.39, 0.29) is 33.0 Å². The molecule has 0 fully saturated rings. The van der Waals surface area contributed by atoms with Gasteiger partial charge in [-0.05, 0) is 6.92 Å². The summed E-state index contributed by atoms with van der Waals surface area (Å²) in [6, 6.07) is 0. The summed E-state index contributed by atoms with van der Waals surface area (Å²) in [5, 5.41) is 46.8. The molecule has 0 unspecified atom stereocenters. The van der Waals surface area contributed by atoms with E-state index in [1.165, 1.54) is 0 Å². The highest BCUT2D eigenvalue weighted by molar-refractivity contribution is 4.43. The molecule has 84 valence electrons. The van der Waals surface area contributed by atoms with E-state index < -0.39 is 6.10 Å². The third-order valence-corrected chi connectivity index (χ3v) is 0.521. The van der Waals surface area contributed by atoms with Gasteiger partial charge in [-0.15, -0.1) is 0 Å². The Kier molecular flexibility index (Phi) is 32.2. The van der Waals surface area contributed by atoms with Crippen LogP contribution in [0.3, 0.4) is 0 Å². The molecular formula is C7H20O6. The number of aliphatic hydroxyl groups excluding tert-OH is 6. The average Bonchev–Trinajstić information content (AvgIpc) is 2.18. The van der Waals surface area contributed by atoms with E-state index in [0.717, 1.165) is 0 Å². The molecule has 0 spiro atoms. The highest BCUT2D eigenvalue weighted by Gasteiger charge is 1.93. The van der Waals surface area contributed by atoms with Crippen molar-refractivity contribution in [2.75, 3.05) is 33.0 Å². The molecule has 0 heterocycles. The lowest BCUT2D eigenvalue weighted by Gasteiger charge is -1.96. The highest BCUT2D eigenvalue weighted by atomic mass is 16.3. The minimum absolute atomic E-state index is 0.125. The zero-order valence-electron chi connectivity index (χ0n) is 7.80. The van der Waals surface area contributed by atoms with Gasteiger partial charge >= 0.3 is 0 Å². The smallest absolute Gasteiger partial charge is 0.100 e. The van der Waals surface area contributed by atoms with Crippen molar-refractivity contribution in [1.29, 1.82) is 0 Å². The fourth-order valence-electron chi connectivity index (χ4n) is 0.0577. The van der Waals surface area contributed by atoms with Gasteiger partial charge in [0.15, 0.2) is 0 Å². The van der Waals surface area contributed by atoms with E-state index >= 15 is 0 Å². The van der Waals surface area contributed by atoms with Crippen LogP contribution in [-0.4, -0.2) is 69.8 Å². The normalized spacial score (nSPS) is 8.31. The van der Waals surface area contributed by atoms with Crippen LogP contribution in [0.4, 0.5) is 0 Å². The van der Waals surface area contributed by atoms with Crippen LogP contribution >= 0.6 is 0 Å². The van der Waals surface area contributed by atoms with Crippen LogP contribution in [0.2, 0.25) is 0 Å². The van der Waals surface area contributed by atoms with E-state index in [4.69, 9.17) is 30.6 Å². The summed E-state index contributed by atoms with van der Waals surface area (Å²) >= 11 is 0. The second kappa shape index (κ2) is 22.6. The third kappa shape index (κ3) is 49.4. The molecule has 0 aromatic rings. The molecule has 0 aliphatic carbocycles. The summed E-state index contributed by atoms with van der Waals surface area (Å²) in [6.07, 6.45) is -0.954.